The molecule has 8 heteroatoms. The van der Waals surface area contributed by atoms with E-state index in [2.05, 4.69) is 20.4 Å². The normalized spacial score (nSPS) is 12.3. The molecule has 0 bridgehead atoms. The molecule has 0 fully saturated rings. The van der Waals surface area contributed by atoms with Crippen LogP contribution >= 0.6 is 11.6 Å². The van der Waals surface area contributed by atoms with E-state index in [1.54, 1.807) is 23.9 Å². The maximum absolute atomic E-state index is 12.0. The molecule has 0 saturated carbocycles. The van der Waals surface area contributed by atoms with E-state index in [9.17, 15) is 4.79 Å². The van der Waals surface area contributed by atoms with Crippen LogP contribution in [-0.4, -0.2) is 32.4 Å². The number of rotatable bonds is 5. The van der Waals surface area contributed by atoms with Gasteiger partial charge in [-0.1, -0.05) is 23.7 Å². The molecular weight excluding hydrogens is 318 g/mol. The Morgan fingerprint density at radius 3 is 3.00 bits per heavy atom. The lowest BCUT2D eigenvalue weighted by Crippen LogP contribution is -2.25. The van der Waals surface area contributed by atoms with Gasteiger partial charge in [0.1, 0.15) is 17.2 Å². The van der Waals surface area contributed by atoms with Crippen LogP contribution in [0.25, 0.3) is 11.0 Å². The molecular formula is C15H16ClN5O2. The average Bonchev–Trinajstić information content (AvgIpc) is 2.90. The summed E-state index contributed by atoms with van der Waals surface area (Å²) in [6.07, 6.45) is 1.33. The van der Waals surface area contributed by atoms with Crippen molar-refractivity contribution in [1.82, 2.24) is 19.7 Å². The van der Waals surface area contributed by atoms with Gasteiger partial charge in [-0.15, -0.1) is 0 Å². The second-order valence-electron chi connectivity index (χ2n) is 5.16. The van der Waals surface area contributed by atoms with Crippen molar-refractivity contribution in [2.24, 2.45) is 7.05 Å². The second-order valence-corrected chi connectivity index (χ2v) is 5.57. The van der Waals surface area contributed by atoms with E-state index in [1.807, 2.05) is 19.1 Å². The number of anilines is 1. The highest BCUT2D eigenvalue weighted by Crippen LogP contribution is 2.24. The van der Waals surface area contributed by atoms with Crippen LogP contribution in [0.1, 0.15) is 6.92 Å². The molecule has 0 unspecified atom stereocenters. The number of aromatic nitrogens is 4. The lowest BCUT2D eigenvalue weighted by atomic mass is 10.3. The monoisotopic (exact) mass is 333 g/mol. The molecule has 0 radical (unpaired) electrons. The van der Waals surface area contributed by atoms with E-state index in [4.69, 9.17) is 16.3 Å². The van der Waals surface area contributed by atoms with Gasteiger partial charge in [0.2, 0.25) is 5.95 Å². The number of aromatic amines is 1. The first kappa shape index (κ1) is 15.4. The van der Waals surface area contributed by atoms with Crippen LogP contribution in [0.4, 0.5) is 5.95 Å². The summed E-state index contributed by atoms with van der Waals surface area (Å²) >= 11 is 6.06. The SMILES string of the molecule is C[C@H](CNc1nc2c(cnn2C)c(=O)[nH]1)Oc1ccccc1Cl. The Hall–Kier alpha value is -2.54. The van der Waals surface area contributed by atoms with Crippen molar-refractivity contribution in [3.63, 3.8) is 0 Å². The third-order valence-electron chi connectivity index (χ3n) is 3.32. The quantitative estimate of drug-likeness (QED) is 0.747. The van der Waals surface area contributed by atoms with E-state index in [-0.39, 0.29) is 11.7 Å². The number of aryl methyl sites for hydroxylation is 1. The first-order chi connectivity index (χ1) is 11.0. The standard InChI is InChI=1S/C15H16ClN5O2/c1-9(23-12-6-4-3-5-11(12)16)7-17-15-19-13-10(14(22)20-15)8-18-21(13)2/h3-6,8-9H,7H2,1-2H3,(H2,17,19,20,22)/t9-/m1/s1. The molecule has 7 nitrogen and oxygen atoms in total. The Kier molecular flexibility index (Phi) is 4.20. The summed E-state index contributed by atoms with van der Waals surface area (Å²) in [5.41, 5.74) is 0.293. The Bertz CT molecular complexity index is 889. The van der Waals surface area contributed by atoms with E-state index in [0.29, 0.717) is 34.3 Å². The Morgan fingerprint density at radius 2 is 2.22 bits per heavy atom. The number of benzene rings is 1. The number of fused-ring (bicyclic) bond motifs is 1. The molecule has 0 amide bonds. The fraction of sp³-hybridized carbons (Fsp3) is 0.267. The molecule has 0 spiro atoms. The second kappa shape index (κ2) is 6.29. The third-order valence-corrected chi connectivity index (χ3v) is 3.64. The summed E-state index contributed by atoms with van der Waals surface area (Å²) in [6.45, 7) is 2.36. The Morgan fingerprint density at radius 1 is 1.43 bits per heavy atom. The minimum atomic E-state index is -0.231. The molecule has 23 heavy (non-hydrogen) atoms. The predicted octanol–water partition coefficient (Wildman–Crippen LogP) is 2.19. The Balaban J connectivity index is 1.69. The van der Waals surface area contributed by atoms with Crippen LogP contribution in [0.15, 0.2) is 35.3 Å². The lowest BCUT2D eigenvalue weighted by molar-refractivity contribution is 0.234. The van der Waals surface area contributed by atoms with Crippen molar-refractivity contribution in [2.75, 3.05) is 11.9 Å². The van der Waals surface area contributed by atoms with Gasteiger partial charge in [-0.05, 0) is 19.1 Å². The molecule has 0 aliphatic rings. The van der Waals surface area contributed by atoms with Crippen LogP contribution in [0.5, 0.6) is 5.75 Å². The van der Waals surface area contributed by atoms with E-state index < -0.39 is 0 Å². The van der Waals surface area contributed by atoms with E-state index >= 15 is 0 Å². The number of ether oxygens (including phenoxy) is 1. The number of nitrogens with zero attached hydrogens (tertiary/aromatic N) is 3. The summed E-state index contributed by atoms with van der Waals surface area (Å²) in [6, 6.07) is 7.28. The number of halogens is 1. The van der Waals surface area contributed by atoms with E-state index in [0.717, 1.165) is 0 Å². The fourth-order valence-corrected chi connectivity index (χ4v) is 2.34. The topological polar surface area (TPSA) is 84.8 Å². The number of H-pyrrole nitrogens is 1. The molecule has 2 aromatic heterocycles. The molecule has 2 heterocycles. The molecule has 0 aliphatic carbocycles. The van der Waals surface area contributed by atoms with Gasteiger partial charge in [0.05, 0.1) is 17.8 Å². The molecule has 2 N–H and O–H groups in total. The number of para-hydroxylation sites is 1. The van der Waals surface area contributed by atoms with Crippen LogP contribution in [0, 0.1) is 0 Å². The van der Waals surface area contributed by atoms with Crippen molar-refractivity contribution < 1.29 is 4.74 Å². The van der Waals surface area contributed by atoms with Gasteiger partial charge in [-0.2, -0.15) is 10.1 Å². The zero-order valence-corrected chi connectivity index (χ0v) is 13.5. The van der Waals surface area contributed by atoms with Gasteiger partial charge in [0, 0.05) is 7.05 Å². The molecule has 3 aromatic rings. The van der Waals surface area contributed by atoms with Crippen LogP contribution in [-0.2, 0) is 7.05 Å². The van der Waals surface area contributed by atoms with Gasteiger partial charge in [-0.3, -0.25) is 14.5 Å². The van der Waals surface area contributed by atoms with Gasteiger partial charge < -0.3 is 10.1 Å². The average molecular weight is 334 g/mol. The van der Waals surface area contributed by atoms with Crippen LogP contribution < -0.4 is 15.6 Å². The number of hydrogen-bond acceptors (Lipinski definition) is 5. The number of hydrogen-bond donors (Lipinski definition) is 2. The maximum Gasteiger partial charge on any atom is 0.263 e. The van der Waals surface area contributed by atoms with Crippen molar-refractivity contribution in [3.05, 3.63) is 45.8 Å². The maximum atomic E-state index is 12.0. The molecule has 1 aromatic carbocycles. The molecule has 1 atom stereocenters. The first-order valence-electron chi connectivity index (χ1n) is 7.11. The summed E-state index contributed by atoms with van der Waals surface area (Å²) in [5, 5.41) is 8.10. The van der Waals surface area contributed by atoms with Gasteiger partial charge in [0.15, 0.2) is 5.65 Å². The van der Waals surface area contributed by atoms with Gasteiger partial charge in [-0.25, -0.2) is 0 Å². The smallest absolute Gasteiger partial charge is 0.263 e. The highest BCUT2D eigenvalue weighted by molar-refractivity contribution is 6.32. The molecule has 3 rings (SSSR count). The third kappa shape index (κ3) is 3.29. The minimum absolute atomic E-state index is 0.164. The summed E-state index contributed by atoms with van der Waals surface area (Å²) in [7, 11) is 1.74. The number of nitrogens with one attached hydrogen (secondary N) is 2. The van der Waals surface area contributed by atoms with Gasteiger partial charge >= 0.3 is 0 Å². The summed E-state index contributed by atoms with van der Waals surface area (Å²) in [5.74, 6) is 0.993. The highest BCUT2D eigenvalue weighted by atomic mass is 35.5. The van der Waals surface area contributed by atoms with Crippen molar-refractivity contribution in [3.8, 4) is 5.75 Å². The van der Waals surface area contributed by atoms with E-state index in [1.165, 1.54) is 6.20 Å². The first-order valence-corrected chi connectivity index (χ1v) is 7.49. The highest BCUT2D eigenvalue weighted by Gasteiger charge is 2.10. The van der Waals surface area contributed by atoms with Crippen molar-refractivity contribution >= 4 is 28.6 Å². The van der Waals surface area contributed by atoms with Crippen LogP contribution in [0.2, 0.25) is 5.02 Å². The summed E-state index contributed by atoms with van der Waals surface area (Å²) in [4.78, 5) is 19.0. The fourth-order valence-electron chi connectivity index (χ4n) is 2.16. The summed E-state index contributed by atoms with van der Waals surface area (Å²) < 4.78 is 7.32. The molecule has 0 aliphatic heterocycles. The largest absolute Gasteiger partial charge is 0.487 e. The van der Waals surface area contributed by atoms with Crippen LogP contribution in [0.3, 0.4) is 0 Å². The van der Waals surface area contributed by atoms with Gasteiger partial charge in [0.25, 0.3) is 5.56 Å². The molecule has 120 valence electrons. The lowest BCUT2D eigenvalue weighted by Gasteiger charge is -2.16. The van der Waals surface area contributed by atoms with Crippen molar-refractivity contribution in [1.29, 1.82) is 0 Å². The zero-order chi connectivity index (χ0) is 16.4. The Labute approximate surface area is 137 Å². The molecule has 0 saturated heterocycles. The predicted molar refractivity (Wildman–Crippen MR) is 89.2 cm³/mol. The minimum Gasteiger partial charge on any atom is -0.487 e. The zero-order valence-electron chi connectivity index (χ0n) is 12.7. The van der Waals surface area contributed by atoms with Crippen molar-refractivity contribution in [2.45, 2.75) is 13.0 Å².